The Hall–Kier alpha value is -1.16. The van der Waals surface area contributed by atoms with E-state index in [1.807, 2.05) is 30.3 Å². The Kier molecular flexibility index (Phi) is 4.16. The van der Waals surface area contributed by atoms with Gasteiger partial charge in [-0.3, -0.25) is 0 Å². The molecule has 3 rings (SSSR count). The molecule has 0 saturated carbocycles. The first-order valence-electron chi connectivity index (χ1n) is 6.22. The van der Waals surface area contributed by atoms with Gasteiger partial charge in [0.2, 0.25) is 5.13 Å². The zero-order valence-electron chi connectivity index (χ0n) is 10.8. The van der Waals surface area contributed by atoms with E-state index in [0.29, 0.717) is 9.47 Å². The number of hydrogen-bond donors (Lipinski definition) is 2. The highest BCUT2D eigenvalue weighted by Crippen LogP contribution is 2.34. The molecule has 0 aliphatic carbocycles. The van der Waals surface area contributed by atoms with Gasteiger partial charge in [-0.05, 0) is 12.1 Å². The van der Waals surface area contributed by atoms with E-state index in [9.17, 15) is 13.5 Å². The summed E-state index contributed by atoms with van der Waals surface area (Å²) in [7, 11) is -3.14. The quantitative estimate of drug-likeness (QED) is 0.870. The van der Waals surface area contributed by atoms with E-state index in [1.165, 1.54) is 23.1 Å². The van der Waals surface area contributed by atoms with Gasteiger partial charge in [0.25, 0.3) is 0 Å². The predicted molar refractivity (Wildman–Crippen MR) is 83.9 cm³/mol. The molecule has 2 atom stereocenters. The Morgan fingerprint density at radius 2 is 2.00 bits per heavy atom. The van der Waals surface area contributed by atoms with Crippen LogP contribution < -0.4 is 5.32 Å². The third-order valence-electron chi connectivity index (χ3n) is 2.96. The molecule has 1 fully saturated rings. The molecule has 1 aromatic carbocycles. The normalized spacial score (nSPS) is 24.0. The number of hydrogen-bond acceptors (Lipinski definition) is 8. The molecule has 1 aliphatic heterocycles. The summed E-state index contributed by atoms with van der Waals surface area (Å²) in [5, 5.41) is 21.2. The second-order valence-electron chi connectivity index (χ2n) is 4.66. The summed E-state index contributed by atoms with van der Waals surface area (Å²) in [6.07, 6.45) is -0.838. The SMILES string of the molecule is O=S1(=O)C[C@H](O)[C@H](Sc2nnc(Nc3ccccc3)s2)C1. The first-order valence-corrected chi connectivity index (χ1v) is 9.74. The molecule has 1 saturated heterocycles. The number of sulfone groups is 1. The Labute approximate surface area is 130 Å². The van der Waals surface area contributed by atoms with Gasteiger partial charge < -0.3 is 10.4 Å². The van der Waals surface area contributed by atoms with Gasteiger partial charge in [-0.2, -0.15) is 0 Å². The molecular formula is C12H13N3O3S3. The number of anilines is 2. The van der Waals surface area contributed by atoms with Crippen LogP contribution in [0.2, 0.25) is 0 Å². The average molecular weight is 343 g/mol. The van der Waals surface area contributed by atoms with E-state index >= 15 is 0 Å². The first-order chi connectivity index (χ1) is 10.0. The van der Waals surface area contributed by atoms with Crippen molar-refractivity contribution in [2.24, 2.45) is 0 Å². The van der Waals surface area contributed by atoms with Crippen molar-refractivity contribution in [3.05, 3.63) is 30.3 Å². The van der Waals surface area contributed by atoms with Crippen LogP contribution >= 0.6 is 23.1 Å². The third-order valence-corrected chi connectivity index (χ3v) is 7.12. The van der Waals surface area contributed by atoms with Crippen molar-refractivity contribution in [1.82, 2.24) is 10.2 Å². The highest BCUT2D eigenvalue weighted by molar-refractivity contribution is 8.03. The maximum Gasteiger partial charge on any atom is 0.210 e. The second kappa shape index (κ2) is 5.91. The van der Waals surface area contributed by atoms with Crippen LogP contribution in [-0.4, -0.2) is 46.6 Å². The number of rotatable bonds is 4. The molecule has 2 heterocycles. The van der Waals surface area contributed by atoms with Crippen molar-refractivity contribution in [2.75, 3.05) is 16.8 Å². The lowest BCUT2D eigenvalue weighted by molar-refractivity contribution is 0.207. The topological polar surface area (TPSA) is 92.2 Å². The number of aromatic nitrogens is 2. The van der Waals surface area contributed by atoms with E-state index < -0.39 is 15.9 Å². The fraction of sp³-hybridized carbons (Fsp3) is 0.333. The molecule has 0 amide bonds. The highest BCUT2D eigenvalue weighted by Gasteiger charge is 2.37. The molecule has 2 N–H and O–H groups in total. The van der Waals surface area contributed by atoms with Gasteiger partial charge in [-0.25, -0.2) is 8.42 Å². The summed E-state index contributed by atoms with van der Waals surface area (Å²) in [5.74, 6) is -0.182. The van der Waals surface area contributed by atoms with Gasteiger partial charge in [-0.1, -0.05) is 41.3 Å². The molecular weight excluding hydrogens is 330 g/mol. The van der Waals surface area contributed by atoms with E-state index in [4.69, 9.17) is 0 Å². The van der Waals surface area contributed by atoms with Gasteiger partial charge in [-0.15, -0.1) is 10.2 Å². The fourth-order valence-electron chi connectivity index (χ4n) is 1.99. The van der Waals surface area contributed by atoms with E-state index in [0.717, 1.165) is 5.69 Å². The van der Waals surface area contributed by atoms with Crippen LogP contribution in [-0.2, 0) is 9.84 Å². The number of aliphatic hydroxyl groups excluding tert-OH is 1. The summed E-state index contributed by atoms with van der Waals surface area (Å²) in [6, 6.07) is 9.59. The fourth-order valence-corrected chi connectivity index (χ4v) is 6.52. The molecule has 2 aromatic rings. The minimum Gasteiger partial charge on any atom is -0.391 e. The lowest BCUT2D eigenvalue weighted by atomic mass is 10.3. The van der Waals surface area contributed by atoms with E-state index in [2.05, 4.69) is 15.5 Å². The van der Waals surface area contributed by atoms with Crippen LogP contribution in [0.15, 0.2) is 34.7 Å². The maximum absolute atomic E-state index is 11.5. The summed E-state index contributed by atoms with van der Waals surface area (Å²) < 4.78 is 23.6. The molecule has 0 spiro atoms. The minimum absolute atomic E-state index is 0.0140. The molecule has 0 radical (unpaired) electrons. The molecule has 1 aromatic heterocycles. The zero-order valence-corrected chi connectivity index (χ0v) is 13.3. The molecule has 6 nitrogen and oxygen atoms in total. The van der Waals surface area contributed by atoms with Crippen LogP contribution in [0.4, 0.5) is 10.8 Å². The minimum atomic E-state index is -3.14. The predicted octanol–water partition coefficient (Wildman–Crippen LogP) is 1.53. The van der Waals surface area contributed by atoms with Crippen LogP contribution in [0.25, 0.3) is 0 Å². The second-order valence-corrected chi connectivity index (χ2v) is 9.28. The molecule has 21 heavy (non-hydrogen) atoms. The highest BCUT2D eigenvalue weighted by atomic mass is 32.2. The summed E-state index contributed by atoms with van der Waals surface area (Å²) in [5.41, 5.74) is 0.911. The maximum atomic E-state index is 11.5. The summed E-state index contributed by atoms with van der Waals surface area (Å²) >= 11 is 2.61. The van der Waals surface area contributed by atoms with Crippen LogP contribution in [0.5, 0.6) is 0 Å². The Bertz CT molecular complexity index is 718. The largest absolute Gasteiger partial charge is 0.391 e. The monoisotopic (exact) mass is 343 g/mol. The van der Waals surface area contributed by atoms with Gasteiger partial charge in [0.1, 0.15) is 0 Å². The van der Waals surface area contributed by atoms with E-state index in [1.54, 1.807) is 0 Å². The Balaban J connectivity index is 1.66. The molecule has 9 heteroatoms. The number of aliphatic hydroxyl groups is 1. The van der Waals surface area contributed by atoms with Crippen molar-refractivity contribution in [2.45, 2.75) is 15.7 Å². The number of para-hydroxylation sites is 1. The van der Waals surface area contributed by atoms with E-state index in [-0.39, 0.29) is 16.8 Å². The van der Waals surface area contributed by atoms with Crippen LogP contribution in [0, 0.1) is 0 Å². The standard InChI is InChI=1S/C12H13N3O3S3/c16-9-6-21(17,18)7-10(9)19-12-15-14-11(20-12)13-8-4-2-1-3-5-8/h1-5,9-10,16H,6-7H2,(H,13,14)/t9-,10+/m0/s1. The number of nitrogens with one attached hydrogen (secondary N) is 1. The lowest BCUT2D eigenvalue weighted by Gasteiger charge is -2.08. The van der Waals surface area contributed by atoms with Crippen LogP contribution in [0.1, 0.15) is 0 Å². The Morgan fingerprint density at radius 1 is 1.24 bits per heavy atom. The van der Waals surface area contributed by atoms with Gasteiger partial charge in [0.15, 0.2) is 14.2 Å². The van der Waals surface area contributed by atoms with Crippen LogP contribution in [0.3, 0.4) is 0 Å². The Morgan fingerprint density at radius 3 is 2.67 bits per heavy atom. The van der Waals surface area contributed by atoms with Crippen molar-refractivity contribution in [3.8, 4) is 0 Å². The molecule has 112 valence electrons. The number of benzene rings is 1. The average Bonchev–Trinajstić information content (AvgIpc) is 2.95. The third kappa shape index (κ3) is 3.73. The van der Waals surface area contributed by atoms with Crippen molar-refractivity contribution >= 4 is 43.8 Å². The van der Waals surface area contributed by atoms with Gasteiger partial charge in [0, 0.05) is 5.69 Å². The molecule has 1 aliphatic rings. The number of nitrogens with zero attached hydrogens (tertiary/aromatic N) is 2. The lowest BCUT2D eigenvalue weighted by Crippen LogP contribution is -2.19. The van der Waals surface area contributed by atoms with Crippen molar-refractivity contribution in [1.29, 1.82) is 0 Å². The van der Waals surface area contributed by atoms with Gasteiger partial charge >= 0.3 is 0 Å². The van der Waals surface area contributed by atoms with Gasteiger partial charge in [0.05, 0.1) is 22.9 Å². The number of thioether (sulfide) groups is 1. The zero-order chi connectivity index (χ0) is 14.9. The molecule has 0 unspecified atom stereocenters. The smallest absolute Gasteiger partial charge is 0.210 e. The molecule has 0 bridgehead atoms. The van der Waals surface area contributed by atoms with Crippen molar-refractivity contribution in [3.63, 3.8) is 0 Å². The van der Waals surface area contributed by atoms with Crippen molar-refractivity contribution < 1.29 is 13.5 Å². The summed E-state index contributed by atoms with van der Waals surface area (Å²) in [4.78, 5) is 0. The summed E-state index contributed by atoms with van der Waals surface area (Å²) in [6.45, 7) is 0. The first kappa shape index (κ1) is 14.8.